The molecule has 1 aromatic carbocycles. The first-order chi connectivity index (χ1) is 9.29. The zero-order valence-corrected chi connectivity index (χ0v) is 12.3. The zero-order valence-electron chi connectivity index (χ0n) is 11.4. The molecule has 1 saturated carbocycles. The van der Waals surface area contributed by atoms with Crippen molar-refractivity contribution in [2.24, 2.45) is 11.7 Å². The number of nitrogens with two attached hydrogens (primary N) is 1. The molecule has 0 spiro atoms. The Bertz CT molecular complexity index is 486. The van der Waals surface area contributed by atoms with Crippen molar-refractivity contribution < 1.29 is 4.21 Å². The van der Waals surface area contributed by atoms with E-state index in [-0.39, 0.29) is 5.25 Å². The SMILES string of the molecule is NCC1CCCCC1S(=O)c1ccc2c(c1)CCC2. The van der Waals surface area contributed by atoms with E-state index in [1.807, 2.05) is 0 Å². The van der Waals surface area contributed by atoms with E-state index >= 15 is 0 Å². The molecule has 19 heavy (non-hydrogen) atoms. The monoisotopic (exact) mass is 277 g/mol. The molecule has 0 aliphatic heterocycles. The highest BCUT2D eigenvalue weighted by Gasteiger charge is 2.30. The minimum Gasteiger partial charge on any atom is -0.330 e. The van der Waals surface area contributed by atoms with Crippen LogP contribution in [0.4, 0.5) is 0 Å². The van der Waals surface area contributed by atoms with Crippen molar-refractivity contribution in [3.8, 4) is 0 Å². The standard InChI is InChI=1S/C16H23NOS/c17-11-14-4-1-2-7-16(14)19(18)15-9-8-12-5-3-6-13(12)10-15/h8-10,14,16H,1-7,11,17H2. The highest BCUT2D eigenvalue weighted by molar-refractivity contribution is 7.85. The summed E-state index contributed by atoms with van der Waals surface area (Å²) in [6.07, 6.45) is 8.28. The Morgan fingerprint density at radius 1 is 1.11 bits per heavy atom. The normalized spacial score (nSPS) is 28.1. The van der Waals surface area contributed by atoms with Gasteiger partial charge in [-0.15, -0.1) is 0 Å². The summed E-state index contributed by atoms with van der Waals surface area (Å²) in [7, 11) is -0.872. The van der Waals surface area contributed by atoms with Crippen LogP contribution in [-0.4, -0.2) is 16.0 Å². The second-order valence-corrected chi connectivity index (χ2v) is 7.57. The number of benzene rings is 1. The number of rotatable bonds is 3. The first-order valence-electron chi connectivity index (χ1n) is 7.52. The number of aryl methyl sites for hydroxylation is 2. The van der Waals surface area contributed by atoms with Gasteiger partial charge in [0.1, 0.15) is 0 Å². The summed E-state index contributed by atoms with van der Waals surface area (Å²) >= 11 is 0. The van der Waals surface area contributed by atoms with Crippen molar-refractivity contribution in [1.82, 2.24) is 0 Å². The van der Waals surface area contributed by atoms with Crippen LogP contribution in [0, 0.1) is 5.92 Å². The highest BCUT2D eigenvalue weighted by atomic mass is 32.2. The Balaban J connectivity index is 1.82. The van der Waals surface area contributed by atoms with E-state index in [4.69, 9.17) is 5.73 Å². The van der Waals surface area contributed by atoms with Crippen LogP contribution in [0.25, 0.3) is 0 Å². The summed E-state index contributed by atoms with van der Waals surface area (Å²) in [6.45, 7) is 0.682. The molecule has 2 aliphatic rings. The molecule has 3 heteroatoms. The van der Waals surface area contributed by atoms with Crippen LogP contribution in [0.2, 0.25) is 0 Å². The van der Waals surface area contributed by atoms with Gasteiger partial charge in [0, 0.05) is 10.1 Å². The molecule has 2 nitrogen and oxygen atoms in total. The van der Waals surface area contributed by atoms with Crippen molar-refractivity contribution in [3.05, 3.63) is 29.3 Å². The van der Waals surface area contributed by atoms with Crippen molar-refractivity contribution in [1.29, 1.82) is 0 Å². The molecule has 1 aromatic rings. The van der Waals surface area contributed by atoms with Crippen LogP contribution in [0.1, 0.15) is 43.2 Å². The maximum Gasteiger partial charge on any atom is 0.0564 e. The smallest absolute Gasteiger partial charge is 0.0564 e. The molecule has 3 rings (SSSR count). The van der Waals surface area contributed by atoms with Gasteiger partial charge in [-0.1, -0.05) is 18.9 Å². The van der Waals surface area contributed by atoms with Crippen molar-refractivity contribution in [2.75, 3.05) is 6.54 Å². The Morgan fingerprint density at radius 3 is 2.74 bits per heavy atom. The number of fused-ring (bicyclic) bond motifs is 1. The first-order valence-corrected chi connectivity index (χ1v) is 8.73. The summed E-state index contributed by atoms with van der Waals surface area (Å²) in [5.74, 6) is 0.447. The van der Waals surface area contributed by atoms with Gasteiger partial charge in [0.2, 0.25) is 0 Å². The average Bonchev–Trinajstić information content (AvgIpc) is 2.93. The topological polar surface area (TPSA) is 43.1 Å². The molecule has 0 saturated heterocycles. The van der Waals surface area contributed by atoms with Crippen LogP contribution in [0.5, 0.6) is 0 Å². The molecule has 2 aliphatic carbocycles. The van der Waals surface area contributed by atoms with Crippen LogP contribution in [0.15, 0.2) is 23.1 Å². The van der Waals surface area contributed by atoms with E-state index in [0.29, 0.717) is 12.5 Å². The number of hydrogen-bond acceptors (Lipinski definition) is 2. The zero-order chi connectivity index (χ0) is 13.2. The molecule has 0 aromatic heterocycles. The summed E-state index contributed by atoms with van der Waals surface area (Å²) in [6, 6.07) is 6.47. The lowest BCUT2D eigenvalue weighted by atomic mass is 9.89. The molecule has 2 N–H and O–H groups in total. The van der Waals surface area contributed by atoms with Crippen molar-refractivity contribution >= 4 is 10.8 Å². The Labute approximate surface area is 118 Å². The Kier molecular flexibility index (Phi) is 4.04. The van der Waals surface area contributed by atoms with Gasteiger partial charge < -0.3 is 5.73 Å². The third kappa shape index (κ3) is 2.63. The molecule has 0 amide bonds. The highest BCUT2D eigenvalue weighted by Crippen LogP contribution is 2.32. The molecule has 104 valence electrons. The first kappa shape index (κ1) is 13.3. The van der Waals surface area contributed by atoms with E-state index in [1.54, 1.807) is 0 Å². The lowest BCUT2D eigenvalue weighted by Crippen LogP contribution is -2.34. The Morgan fingerprint density at radius 2 is 1.89 bits per heavy atom. The van der Waals surface area contributed by atoms with E-state index in [0.717, 1.165) is 24.2 Å². The van der Waals surface area contributed by atoms with Crippen LogP contribution >= 0.6 is 0 Å². The van der Waals surface area contributed by atoms with Crippen LogP contribution < -0.4 is 5.73 Å². The number of hydrogen-bond donors (Lipinski definition) is 1. The van der Waals surface area contributed by atoms with Gasteiger partial charge in [-0.3, -0.25) is 4.21 Å². The van der Waals surface area contributed by atoms with Crippen molar-refractivity contribution in [3.63, 3.8) is 0 Å². The van der Waals surface area contributed by atoms with E-state index in [1.165, 1.54) is 36.8 Å². The molecule has 0 heterocycles. The summed E-state index contributed by atoms with van der Waals surface area (Å²) in [4.78, 5) is 1.03. The lowest BCUT2D eigenvalue weighted by Gasteiger charge is -2.30. The maximum atomic E-state index is 12.8. The second-order valence-electron chi connectivity index (χ2n) is 5.90. The van der Waals surface area contributed by atoms with Crippen molar-refractivity contribution in [2.45, 2.75) is 55.1 Å². The van der Waals surface area contributed by atoms with Gasteiger partial charge in [0.15, 0.2) is 0 Å². The Hall–Kier alpha value is -0.670. The molecule has 0 radical (unpaired) electrons. The van der Waals surface area contributed by atoms with Gasteiger partial charge in [-0.2, -0.15) is 0 Å². The van der Waals surface area contributed by atoms with Gasteiger partial charge >= 0.3 is 0 Å². The molecule has 3 unspecified atom stereocenters. The minimum absolute atomic E-state index is 0.276. The van der Waals surface area contributed by atoms with Gasteiger partial charge in [0.05, 0.1) is 10.8 Å². The third-order valence-electron chi connectivity index (χ3n) is 4.72. The second kappa shape index (κ2) is 5.76. The van der Waals surface area contributed by atoms with Gasteiger partial charge in [-0.25, -0.2) is 0 Å². The van der Waals surface area contributed by atoms with E-state index < -0.39 is 10.8 Å². The fourth-order valence-corrected chi connectivity index (χ4v) is 5.36. The van der Waals surface area contributed by atoms with E-state index in [9.17, 15) is 4.21 Å². The molecular weight excluding hydrogens is 254 g/mol. The largest absolute Gasteiger partial charge is 0.330 e. The minimum atomic E-state index is -0.872. The fourth-order valence-electron chi connectivity index (χ4n) is 3.57. The van der Waals surface area contributed by atoms with E-state index in [2.05, 4.69) is 18.2 Å². The average molecular weight is 277 g/mol. The maximum absolute atomic E-state index is 12.8. The molecule has 1 fully saturated rings. The van der Waals surface area contributed by atoms with Crippen LogP contribution in [0.3, 0.4) is 0 Å². The predicted molar refractivity (Wildman–Crippen MR) is 79.7 cm³/mol. The molecule has 3 atom stereocenters. The lowest BCUT2D eigenvalue weighted by molar-refractivity contribution is 0.372. The van der Waals surface area contributed by atoms with Gasteiger partial charge in [0.25, 0.3) is 0 Å². The van der Waals surface area contributed by atoms with Gasteiger partial charge in [-0.05, 0) is 67.8 Å². The fraction of sp³-hybridized carbons (Fsp3) is 0.625. The summed E-state index contributed by atoms with van der Waals surface area (Å²) in [5.41, 5.74) is 8.75. The summed E-state index contributed by atoms with van der Waals surface area (Å²) < 4.78 is 12.8. The molecular formula is C16H23NOS. The summed E-state index contributed by atoms with van der Waals surface area (Å²) in [5, 5.41) is 0.276. The third-order valence-corrected chi connectivity index (χ3v) is 6.61. The predicted octanol–water partition coefficient (Wildman–Crippen LogP) is 2.80. The molecule has 0 bridgehead atoms. The van der Waals surface area contributed by atoms with Crippen LogP contribution in [-0.2, 0) is 23.6 Å². The quantitative estimate of drug-likeness (QED) is 0.923.